The first-order valence-electron chi connectivity index (χ1n) is 10.6. The van der Waals surface area contributed by atoms with Crippen LogP contribution in [0.5, 0.6) is 0 Å². The topological polar surface area (TPSA) is 92.3 Å². The van der Waals surface area contributed by atoms with Gasteiger partial charge in [0.25, 0.3) is 5.91 Å². The first-order chi connectivity index (χ1) is 15.9. The van der Waals surface area contributed by atoms with Crippen molar-refractivity contribution < 1.29 is 13.2 Å². The Hall–Kier alpha value is -2.66. The fourth-order valence-corrected chi connectivity index (χ4v) is 7.16. The molecule has 10 heteroatoms. The Balaban J connectivity index is 1.28. The van der Waals surface area contributed by atoms with E-state index in [2.05, 4.69) is 22.2 Å². The van der Waals surface area contributed by atoms with Crippen LogP contribution >= 0.6 is 22.7 Å². The van der Waals surface area contributed by atoms with E-state index in [4.69, 9.17) is 0 Å². The molecule has 2 aromatic carbocycles. The van der Waals surface area contributed by atoms with E-state index in [-0.39, 0.29) is 10.8 Å². The lowest BCUT2D eigenvalue weighted by Gasteiger charge is -2.30. The van der Waals surface area contributed by atoms with Gasteiger partial charge in [-0.05, 0) is 55.2 Å². The van der Waals surface area contributed by atoms with Gasteiger partial charge in [0.2, 0.25) is 10.0 Å². The number of carbonyl (C=O) groups excluding carboxylic acids is 1. The van der Waals surface area contributed by atoms with E-state index in [1.807, 2.05) is 29.6 Å². The fourth-order valence-electron chi connectivity index (χ4n) is 3.87. The number of amides is 1. The van der Waals surface area contributed by atoms with E-state index in [9.17, 15) is 13.2 Å². The molecule has 0 aliphatic carbocycles. The van der Waals surface area contributed by atoms with Gasteiger partial charge < -0.3 is 0 Å². The quantitative estimate of drug-likeness (QED) is 0.414. The van der Waals surface area contributed by atoms with Gasteiger partial charge in [-0.2, -0.15) is 4.31 Å². The first kappa shape index (κ1) is 22.1. The number of nitrogens with zero attached hydrogens (tertiary/aromatic N) is 3. The molecule has 4 aromatic rings. The van der Waals surface area contributed by atoms with Crippen molar-refractivity contribution >= 4 is 54.0 Å². The Kier molecular flexibility index (Phi) is 6.00. The monoisotopic (exact) mass is 498 g/mol. The molecule has 1 aliphatic rings. The third kappa shape index (κ3) is 4.56. The van der Waals surface area contributed by atoms with Gasteiger partial charge in [-0.15, -0.1) is 22.7 Å². The van der Waals surface area contributed by atoms with Crippen molar-refractivity contribution in [3.63, 3.8) is 0 Å². The van der Waals surface area contributed by atoms with Crippen LogP contribution < -0.4 is 5.32 Å². The molecule has 0 saturated carbocycles. The number of hydrogen-bond acceptors (Lipinski definition) is 7. The van der Waals surface area contributed by atoms with Gasteiger partial charge in [-0.25, -0.2) is 18.4 Å². The summed E-state index contributed by atoms with van der Waals surface area (Å²) in [6.07, 6.45) is 1.91. The van der Waals surface area contributed by atoms with E-state index < -0.39 is 10.0 Å². The van der Waals surface area contributed by atoms with Crippen LogP contribution in [0.4, 0.5) is 5.13 Å². The number of para-hydroxylation sites is 1. The number of fused-ring (bicyclic) bond motifs is 1. The second-order valence-corrected chi connectivity index (χ2v) is 11.9. The van der Waals surface area contributed by atoms with Gasteiger partial charge in [0.15, 0.2) is 5.13 Å². The van der Waals surface area contributed by atoms with Gasteiger partial charge in [-0.3, -0.25) is 10.1 Å². The molecular weight excluding hydrogens is 476 g/mol. The molecule has 170 valence electrons. The zero-order valence-electron chi connectivity index (χ0n) is 17.9. The highest BCUT2D eigenvalue weighted by molar-refractivity contribution is 7.89. The zero-order chi connectivity index (χ0) is 23.0. The number of hydrogen-bond donors (Lipinski definition) is 1. The molecule has 3 heterocycles. The van der Waals surface area contributed by atoms with Crippen molar-refractivity contribution in [3.8, 4) is 10.7 Å². The standard InChI is InChI=1S/C23H22N4O3S3/c1-15-5-4-12-27(13-15)33(29,30)17-10-8-16(9-11-17)21(28)26-23-25-19(14-31-23)22-24-18-6-2-3-7-20(18)32-22/h2-3,6-11,14-15H,4-5,12-13H2,1H3,(H,25,26,28). The maximum atomic E-state index is 12.9. The lowest BCUT2D eigenvalue weighted by Crippen LogP contribution is -2.39. The second kappa shape index (κ2) is 8.94. The molecule has 2 aromatic heterocycles. The molecule has 0 radical (unpaired) electrons. The summed E-state index contributed by atoms with van der Waals surface area (Å²) in [5.74, 6) is 0.0141. The molecule has 1 saturated heterocycles. The van der Waals surface area contributed by atoms with Crippen LogP contribution in [-0.4, -0.2) is 41.7 Å². The Labute approximate surface area is 200 Å². The average molecular weight is 499 g/mol. The molecule has 7 nitrogen and oxygen atoms in total. The molecule has 1 N–H and O–H groups in total. The minimum Gasteiger partial charge on any atom is -0.298 e. The summed E-state index contributed by atoms with van der Waals surface area (Å²) in [4.78, 5) is 22.0. The SMILES string of the molecule is CC1CCCN(S(=O)(=O)c2ccc(C(=O)Nc3nc(-c4nc5ccccc5s4)cs3)cc2)C1. The van der Waals surface area contributed by atoms with Gasteiger partial charge in [0.05, 0.1) is 15.1 Å². The smallest absolute Gasteiger partial charge is 0.257 e. The number of piperidine rings is 1. The average Bonchev–Trinajstić information content (AvgIpc) is 3.46. The molecule has 1 amide bonds. The number of rotatable bonds is 5. The maximum absolute atomic E-state index is 12.9. The summed E-state index contributed by atoms with van der Waals surface area (Å²) in [5, 5.41) is 5.93. The summed E-state index contributed by atoms with van der Waals surface area (Å²) in [7, 11) is -3.55. The third-order valence-electron chi connectivity index (χ3n) is 5.61. The minimum atomic E-state index is -3.55. The fraction of sp³-hybridized carbons (Fsp3) is 0.261. The number of aromatic nitrogens is 2. The van der Waals surface area contributed by atoms with Crippen molar-refractivity contribution in [3.05, 3.63) is 59.5 Å². The van der Waals surface area contributed by atoms with Crippen LogP contribution in [-0.2, 0) is 10.0 Å². The van der Waals surface area contributed by atoms with E-state index >= 15 is 0 Å². The number of carbonyl (C=O) groups is 1. The molecule has 0 spiro atoms. The second-order valence-electron chi connectivity index (χ2n) is 8.11. The van der Waals surface area contributed by atoms with E-state index in [0.29, 0.717) is 35.4 Å². The zero-order valence-corrected chi connectivity index (χ0v) is 20.3. The molecular formula is C23H22N4O3S3. The lowest BCUT2D eigenvalue weighted by atomic mass is 10.0. The molecule has 33 heavy (non-hydrogen) atoms. The maximum Gasteiger partial charge on any atom is 0.257 e. The predicted octanol–water partition coefficient (Wildman–Crippen LogP) is 5.09. The van der Waals surface area contributed by atoms with Crippen molar-refractivity contribution in [2.45, 2.75) is 24.7 Å². The summed E-state index contributed by atoms with van der Waals surface area (Å²) >= 11 is 2.88. The summed E-state index contributed by atoms with van der Waals surface area (Å²) in [6.45, 7) is 3.14. The van der Waals surface area contributed by atoms with Crippen LogP contribution in [0.3, 0.4) is 0 Å². The van der Waals surface area contributed by atoms with Gasteiger partial charge in [0.1, 0.15) is 10.7 Å². The Morgan fingerprint density at radius 2 is 1.91 bits per heavy atom. The highest BCUT2D eigenvalue weighted by atomic mass is 32.2. The largest absolute Gasteiger partial charge is 0.298 e. The van der Waals surface area contributed by atoms with E-state index in [0.717, 1.165) is 28.1 Å². The minimum absolute atomic E-state index is 0.209. The molecule has 1 unspecified atom stereocenters. The number of nitrogens with one attached hydrogen (secondary N) is 1. The van der Waals surface area contributed by atoms with Crippen molar-refractivity contribution in [2.24, 2.45) is 5.92 Å². The van der Waals surface area contributed by atoms with Gasteiger partial charge >= 0.3 is 0 Å². The van der Waals surface area contributed by atoms with Crippen molar-refractivity contribution in [1.29, 1.82) is 0 Å². The number of sulfonamides is 1. The first-order valence-corrected chi connectivity index (χ1v) is 13.8. The highest BCUT2D eigenvalue weighted by Crippen LogP contribution is 2.32. The van der Waals surface area contributed by atoms with Crippen LogP contribution in [0, 0.1) is 5.92 Å². The number of thiazole rings is 2. The van der Waals surface area contributed by atoms with Gasteiger partial charge in [0, 0.05) is 24.0 Å². The Morgan fingerprint density at radius 3 is 2.67 bits per heavy atom. The number of anilines is 1. The van der Waals surface area contributed by atoms with Gasteiger partial charge in [-0.1, -0.05) is 19.1 Å². The lowest BCUT2D eigenvalue weighted by molar-refractivity contribution is 0.102. The normalized spacial score (nSPS) is 17.3. The third-order valence-corrected chi connectivity index (χ3v) is 9.31. The molecule has 0 bridgehead atoms. The molecule has 1 atom stereocenters. The van der Waals surface area contributed by atoms with E-state index in [1.54, 1.807) is 11.3 Å². The Morgan fingerprint density at radius 1 is 1.12 bits per heavy atom. The van der Waals surface area contributed by atoms with Crippen molar-refractivity contribution in [2.75, 3.05) is 18.4 Å². The van der Waals surface area contributed by atoms with E-state index in [1.165, 1.54) is 39.9 Å². The highest BCUT2D eigenvalue weighted by Gasteiger charge is 2.28. The van der Waals surface area contributed by atoms with Crippen LogP contribution in [0.1, 0.15) is 30.1 Å². The van der Waals surface area contributed by atoms with Crippen LogP contribution in [0.25, 0.3) is 20.9 Å². The van der Waals surface area contributed by atoms with Crippen molar-refractivity contribution in [1.82, 2.24) is 14.3 Å². The van der Waals surface area contributed by atoms with Crippen LogP contribution in [0.15, 0.2) is 58.8 Å². The summed E-state index contributed by atoms with van der Waals surface area (Å²) < 4.78 is 28.5. The number of benzene rings is 2. The van der Waals surface area contributed by atoms with Crippen LogP contribution in [0.2, 0.25) is 0 Å². The summed E-state index contributed by atoms with van der Waals surface area (Å²) in [6, 6.07) is 14.0. The summed E-state index contributed by atoms with van der Waals surface area (Å²) in [5.41, 5.74) is 2.01. The molecule has 1 fully saturated rings. The predicted molar refractivity (Wildman–Crippen MR) is 132 cm³/mol. The molecule has 5 rings (SSSR count). The molecule has 1 aliphatic heterocycles. The Bertz CT molecular complexity index is 1380.